The van der Waals surface area contributed by atoms with E-state index in [2.05, 4.69) is 0 Å². The molecule has 4 aliphatic rings. The fourth-order valence-electron chi connectivity index (χ4n) is 6.30. The lowest BCUT2D eigenvalue weighted by atomic mass is 9.81. The van der Waals surface area contributed by atoms with Gasteiger partial charge in [-0.3, -0.25) is 19.3 Å². The summed E-state index contributed by atoms with van der Waals surface area (Å²) >= 11 is 6.37. The fourth-order valence-corrected chi connectivity index (χ4v) is 6.50. The zero-order chi connectivity index (χ0) is 20.3. The van der Waals surface area contributed by atoms with Crippen molar-refractivity contribution in [3.05, 3.63) is 28.8 Å². The highest BCUT2D eigenvalue weighted by molar-refractivity contribution is 6.34. The third-order valence-electron chi connectivity index (χ3n) is 7.81. The number of carbonyl (C=O) groups excluding carboxylic acids is 3. The van der Waals surface area contributed by atoms with Crippen LogP contribution in [0.15, 0.2) is 18.2 Å². The van der Waals surface area contributed by atoms with E-state index in [1.165, 1.54) is 11.3 Å². The monoisotopic (exact) mass is 414 g/mol. The van der Waals surface area contributed by atoms with Crippen molar-refractivity contribution in [1.29, 1.82) is 0 Å². The predicted octanol–water partition coefficient (Wildman–Crippen LogP) is 4.28. The average molecular weight is 415 g/mol. The topological polar surface area (TPSA) is 57.7 Å². The summed E-state index contributed by atoms with van der Waals surface area (Å²) in [6, 6.07) is 5.20. The first-order valence-corrected chi connectivity index (χ1v) is 11.3. The first-order chi connectivity index (χ1) is 14.0. The van der Waals surface area contributed by atoms with Gasteiger partial charge in [-0.05, 0) is 62.1 Å². The van der Waals surface area contributed by atoms with Gasteiger partial charge >= 0.3 is 0 Å². The molecule has 5 nitrogen and oxygen atoms in total. The van der Waals surface area contributed by atoms with Crippen LogP contribution in [0, 0.1) is 23.7 Å². The van der Waals surface area contributed by atoms with Crippen molar-refractivity contribution in [3.63, 3.8) is 0 Å². The largest absolute Gasteiger partial charge is 0.339 e. The van der Waals surface area contributed by atoms with Gasteiger partial charge in [-0.15, -0.1) is 0 Å². The minimum Gasteiger partial charge on any atom is -0.339 e. The van der Waals surface area contributed by atoms with E-state index in [0.29, 0.717) is 28.1 Å². The molecule has 2 bridgehead atoms. The summed E-state index contributed by atoms with van der Waals surface area (Å²) in [6.45, 7) is 0. The van der Waals surface area contributed by atoms with Crippen LogP contribution in [0.25, 0.3) is 0 Å². The molecule has 5 rings (SSSR count). The minimum atomic E-state index is -0.166. The summed E-state index contributed by atoms with van der Waals surface area (Å²) < 4.78 is 0. The number of halogens is 1. The van der Waals surface area contributed by atoms with Gasteiger partial charge in [0.05, 0.1) is 28.1 Å². The molecule has 3 saturated carbocycles. The van der Waals surface area contributed by atoms with Crippen LogP contribution >= 0.6 is 11.6 Å². The molecular formula is C23H27ClN2O3. The number of carbonyl (C=O) groups is 3. The smallest absolute Gasteiger partial charge is 0.255 e. The Balaban J connectivity index is 1.43. The second-order valence-corrected chi connectivity index (χ2v) is 9.68. The zero-order valence-electron chi connectivity index (χ0n) is 16.8. The number of nitrogens with zero attached hydrogens (tertiary/aromatic N) is 2. The molecule has 0 radical (unpaired) electrons. The normalized spacial score (nSPS) is 31.4. The van der Waals surface area contributed by atoms with Crippen LogP contribution in [0.4, 0.5) is 5.69 Å². The van der Waals surface area contributed by atoms with Gasteiger partial charge in [-0.1, -0.05) is 30.9 Å². The lowest BCUT2D eigenvalue weighted by Gasteiger charge is -2.31. The van der Waals surface area contributed by atoms with Crippen LogP contribution in [0.2, 0.25) is 5.02 Å². The highest BCUT2D eigenvalue weighted by Crippen LogP contribution is 2.56. The number of hydrogen-bond donors (Lipinski definition) is 0. The molecule has 3 amide bonds. The summed E-state index contributed by atoms with van der Waals surface area (Å²) in [7, 11) is 1.83. The Morgan fingerprint density at radius 1 is 1.00 bits per heavy atom. The van der Waals surface area contributed by atoms with Gasteiger partial charge in [-0.25, -0.2) is 0 Å². The summed E-state index contributed by atoms with van der Waals surface area (Å²) in [5, 5.41) is 0.362. The van der Waals surface area contributed by atoms with Crippen LogP contribution in [0.5, 0.6) is 0 Å². The van der Waals surface area contributed by atoms with Crippen molar-refractivity contribution >= 4 is 35.0 Å². The highest BCUT2D eigenvalue weighted by atomic mass is 35.5. The van der Waals surface area contributed by atoms with Crippen molar-refractivity contribution in [1.82, 2.24) is 4.90 Å². The number of benzene rings is 1. The van der Waals surface area contributed by atoms with E-state index in [1.807, 2.05) is 7.05 Å². The van der Waals surface area contributed by atoms with Crippen molar-refractivity contribution in [2.45, 2.75) is 57.4 Å². The van der Waals surface area contributed by atoms with E-state index in [0.717, 1.165) is 44.9 Å². The molecule has 4 atom stereocenters. The molecule has 6 heteroatoms. The molecule has 1 saturated heterocycles. The summed E-state index contributed by atoms with van der Waals surface area (Å²) in [6.07, 6.45) is 8.62. The molecule has 0 N–H and O–H groups in total. The van der Waals surface area contributed by atoms with E-state index in [-0.39, 0.29) is 35.6 Å². The van der Waals surface area contributed by atoms with Crippen molar-refractivity contribution in [2.24, 2.45) is 23.7 Å². The first-order valence-electron chi connectivity index (χ1n) is 10.9. The average Bonchev–Trinajstić information content (AvgIpc) is 3.42. The molecule has 1 aromatic rings. The number of imide groups is 1. The quantitative estimate of drug-likeness (QED) is 0.693. The Morgan fingerprint density at radius 2 is 1.62 bits per heavy atom. The Hall–Kier alpha value is -1.88. The number of rotatable bonds is 3. The van der Waals surface area contributed by atoms with Gasteiger partial charge in [0, 0.05) is 13.1 Å². The molecule has 4 fully saturated rings. The molecule has 154 valence electrons. The number of hydrogen-bond acceptors (Lipinski definition) is 3. The SMILES string of the molecule is CN(C(=O)c1cc(N2C(=O)[C@H]3[C@H]4CC[C@@H](C4)[C@@H]3C2=O)ccc1Cl)C1CCCCC1. The molecule has 1 heterocycles. The fraction of sp³-hybridized carbons (Fsp3) is 0.609. The third-order valence-corrected chi connectivity index (χ3v) is 8.14. The van der Waals surface area contributed by atoms with Gasteiger partial charge in [0.15, 0.2) is 0 Å². The second-order valence-electron chi connectivity index (χ2n) is 9.27. The van der Waals surface area contributed by atoms with Gasteiger partial charge in [0.2, 0.25) is 11.8 Å². The number of anilines is 1. The zero-order valence-corrected chi connectivity index (χ0v) is 17.5. The maximum absolute atomic E-state index is 13.2. The summed E-state index contributed by atoms with van der Waals surface area (Å²) in [5.41, 5.74) is 0.858. The molecule has 0 aromatic heterocycles. The Morgan fingerprint density at radius 3 is 2.24 bits per heavy atom. The number of fused-ring (bicyclic) bond motifs is 5. The standard InChI is InChI=1S/C23H27ClN2O3/c1-25(15-5-3-2-4-6-15)21(27)17-12-16(9-10-18(17)24)26-22(28)19-13-7-8-14(11-13)20(19)23(26)29/h9-10,12-15,19-20H,2-8,11H2,1H3/t13-,14-,19-,20-/m0/s1. The van der Waals surface area contributed by atoms with Crippen molar-refractivity contribution in [2.75, 3.05) is 11.9 Å². The lowest BCUT2D eigenvalue weighted by Crippen LogP contribution is -2.38. The van der Waals surface area contributed by atoms with E-state index in [9.17, 15) is 14.4 Å². The Bertz CT molecular complexity index is 851. The van der Waals surface area contributed by atoms with E-state index >= 15 is 0 Å². The predicted molar refractivity (Wildman–Crippen MR) is 111 cm³/mol. The molecule has 0 unspecified atom stereocenters. The molecule has 0 spiro atoms. The summed E-state index contributed by atoms with van der Waals surface area (Å²) in [5.74, 6) is 0.0433. The van der Waals surface area contributed by atoms with Gasteiger partial charge < -0.3 is 4.90 Å². The Labute approximate surface area is 176 Å². The molecule has 3 aliphatic carbocycles. The van der Waals surface area contributed by atoms with Crippen LogP contribution in [-0.2, 0) is 9.59 Å². The third kappa shape index (κ3) is 2.92. The van der Waals surface area contributed by atoms with Crippen molar-refractivity contribution in [3.8, 4) is 0 Å². The number of amides is 3. The van der Waals surface area contributed by atoms with E-state index in [1.54, 1.807) is 23.1 Å². The molecule has 1 aromatic carbocycles. The first kappa shape index (κ1) is 19.1. The van der Waals surface area contributed by atoms with Crippen LogP contribution < -0.4 is 4.90 Å². The van der Waals surface area contributed by atoms with Gasteiger partial charge in [0.1, 0.15) is 0 Å². The maximum Gasteiger partial charge on any atom is 0.255 e. The minimum absolute atomic E-state index is 0.0893. The lowest BCUT2D eigenvalue weighted by molar-refractivity contribution is -0.123. The maximum atomic E-state index is 13.2. The van der Waals surface area contributed by atoms with Gasteiger partial charge in [0.25, 0.3) is 5.91 Å². The molecule has 1 aliphatic heterocycles. The summed E-state index contributed by atoms with van der Waals surface area (Å²) in [4.78, 5) is 42.5. The van der Waals surface area contributed by atoms with Gasteiger partial charge in [-0.2, -0.15) is 0 Å². The van der Waals surface area contributed by atoms with Crippen LogP contribution in [0.1, 0.15) is 61.7 Å². The van der Waals surface area contributed by atoms with E-state index in [4.69, 9.17) is 11.6 Å². The Kier molecular flexibility index (Phi) is 4.69. The molecule has 29 heavy (non-hydrogen) atoms. The second kappa shape index (κ2) is 7.12. The molecular weight excluding hydrogens is 388 g/mol. The highest BCUT2D eigenvalue weighted by Gasteiger charge is 2.61. The van der Waals surface area contributed by atoms with Crippen molar-refractivity contribution < 1.29 is 14.4 Å². The van der Waals surface area contributed by atoms with Crippen LogP contribution in [-0.4, -0.2) is 35.7 Å². The van der Waals surface area contributed by atoms with Crippen LogP contribution in [0.3, 0.4) is 0 Å². The van der Waals surface area contributed by atoms with E-state index < -0.39 is 0 Å².